The van der Waals surface area contributed by atoms with E-state index in [0.29, 0.717) is 12.5 Å². The first-order valence-electron chi connectivity index (χ1n) is 6.44. The van der Waals surface area contributed by atoms with Crippen LogP contribution in [0.2, 0.25) is 0 Å². The van der Waals surface area contributed by atoms with Crippen LogP contribution < -0.4 is 10.2 Å². The van der Waals surface area contributed by atoms with E-state index < -0.39 is 0 Å². The molecule has 19 heavy (non-hydrogen) atoms. The number of nitrogens with one attached hydrogen (secondary N) is 1. The molecule has 1 saturated heterocycles. The summed E-state index contributed by atoms with van der Waals surface area (Å²) in [5.41, 5.74) is 1.90. The zero-order valence-electron chi connectivity index (χ0n) is 11.3. The van der Waals surface area contributed by atoms with Gasteiger partial charge in [0.1, 0.15) is 0 Å². The summed E-state index contributed by atoms with van der Waals surface area (Å²) < 4.78 is 0. The van der Waals surface area contributed by atoms with Crippen LogP contribution in [0.5, 0.6) is 0 Å². The lowest BCUT2D eigenvalue weighted by Gasteiger charge is -2.41. The Kier molecular flexibility index (Phi) is 4.04. The Labute approximate surface area is 113 Å². The highest BCUT2D eigenvalue weighted by Gasteiger charge is 2.24. The van der Waals surface area contributed by atoms with Crippen molar-refractivity contribution in [2.45, 2.75) is 19.9 Å². The number of carbonyl (C=O) groups is 2. The van der Waals surface area contributed by atoms with E-state index in [1.165, 1.54) is 0 Å². The average Bonchev–Trinajstić information content (AvgIpc) is 2.40. The van der Waals surface area contributed by atoms with Gasteiger partial charge >= 0.3 is 0 Å². The second kappa shape index (κ2) is 5.73. The van der Waals surface area contributed by atoms with E-state index in [9.17, 15) is 9.59 Å². The van der Waals surface area contributed by atoms with Gasteiger partial charge in [-0.05, 0) is 31.2 Å². The molecule has 0 radical (unpaired) electrons. The summed E-state index contributed by atoms with van der Waals surface area (Å²) in [5, 5.41) is 2.62. The van der Waals surface area contributed by atoms with Gasteiger partial charge in [0.25, 0.3) is 0 Å². The van der Waals surface area contributed by atoms with E-state index in [1.54, 1.807) is 6.92 Å². The van der Waals surface area contributed by atoms with Crippen molar-refractivity contribution >= 4 is 23.7 Å². The van der Waals surface area contributed by atoms with E-state index in [2.05, 4.69) is 17.1 Å². The summed E-state index contributed by atoms with van der Waals surface area (Å²) in [5.74, 6) is 0.136. The summed E-state index contributed by atoms with van der Waals surface area (Å²) in [7, 11) is 0. The Morgan fingerprint density at radius 3 is 2.53 bits per heavy atom. The van der Waals surface area contributed by atoms with E-state index in [4.69, 9.17) is 0 Å². The predicted octanol–water partition coefficient (Wildman–Crippen LogP) is 1.31. The predicted molar refractivity (Wildman–Crippen MR) is 75.2 cm³/mol. The first-order valence-corrected chi connectivity index (χ1v) is 6.44. The van der Waals surface area contributed by atoms with Crippen LogP contribution in [-0.4, -0.2) is 42.9 Å². The van der Waals surface area contributed by atoms with Crippen molar-refractivity contribution in [1.82, 2.24) is 4.90 Å². The molecule has 1 N–H and O–H groups in total. The largest absolute Gasteiger partial charge is 0.365 e. The number of hydrogen-bond acceptors (Lipinski definition) is 3. The van der Waals surface area contributed by atoms with E-state index in [-0.39, 0.29) is 5.91 Å². The zero-order chi connectivity index (χ0) is 13.8. The molecule has 1 atom stereocenters. The Bertz CT molecular complexity index is 458. The van der Waals surface area contributed by atoms with Crippen LogP contribution in [-0.2, 0) is 9.59 Å². The molecule has 1 unspecified atom stereocenters. The van der Waals surface area contributed by atoms with Gasteiger partial charge in [-0.25, -0.2) is 0 Å². The first kappa shape index (κ1) is 13.4. The molecule has 1 aliphatic heterocycles. The highest BCUT2D eigenvalue weighted by molar-refractivity contribution is 5.74. The van der Waals surface area contributed by atoms with Crippen LogP contribution in [0.3, 0.4) is 0 Å². The molecule has 0 bridgehead atoms. The van der Waals surface area contributed by atoms with Gasteiger partial charge in [-0.15, -0.1) is 0 Å². The maximum Gasteiger partial charge on any atom is 0.219 e. The van der Waals surface area contributed by atoms with Crippen molar-refractivity contribution in [3.8, 4) is 0 Å². The van der Waals surface area contributed by atoms with Gasteiger partial charge in [0.05, 0.1) is 0 Å². The minimum atomic E-state index is 0.136. The molecular formula is C14H19N3O2. The van der Waals surface area contributed by atoms with Crippen LogP contribution >= 0.6 is 0 Å². The average molecular weight is 261 g/mol. The van der Waals surface area contributed by atoms with Crippen LogP contribution in [0.25, 0.3) is 0 Å². The standard InChI is InChI=1S/C14H19N3O2/c1-11-9-16(12(2)19)7-8-17(11)14-5-3-13(4-6-14)15-10-18/h3-6,10-11H,7-9H2,1-2H3,(H,15,18). The Morgan fingerprint density at radius 1 is 1.32 bits per heavy atom. The van der Waals surface area contributed by atoms with Crippen molar-refractivity contribution in [2.75, 3.05) is 29.9 Å². The molecule has 5 nitrogen and oxygen atoms in total. The monoisotopic (exact) mass is 261 g/mol. The second-order valence-corrected chi connectivity index (χ2v) is 4.82. The topological polar surface area (TPSA) is 52.7 Å². The fourth-order valence-corrected chi connectivity index (χ4v) is 2.44. The summed E-state index contributed by atoms with van der Waals surface area (Å²) in [6.45, 7) is 6.08. The molecule has 1 heterocycles. The lowest BCUT2D eigenvalue weighted by atomic mass is 10.1. The third-order valence-corrected chi connectivity index (χ3v) is 3.50. The molecule has 2 rings (SSSR count). The van der Waals surface area contributed by atoms with Gasteiger partial charge in [0, 0.05) is 44.0 Å². The maximum absolute atomic E-state index is 11.4. The van der Waals surface area contributed by atoms with Crippen LogP contribution in [0.4, 0.5) is 11.4 Å². The van der Waals surface area contributed by atoms with Crippen molar-refractivity contribution < 1.29 is 9.59 Å². The third-order valence-electron chi connectivity index (χ3n) is 3.50. The molecule has 0 aromatic heterocycles. The number of amides is 2. The number of nitrogens with zero attached hydrogens (tertiary/aromatic N) is 2. The van der Waals surface area contributed by atoms with Crippen molar-refractivity contribution in [1.29, 1.82) is 0 Å². The van der Waals surface area contributed by atoms with Gasteiger partial charge in [-0.1, -0.05) is 0 Å². The normalized spacial score (nSPS) is 19.2. The molecule has 102 valence electrons. The summed E-state index contributed by atoms with van der Waals surface area (Å²) in [4.78, 5) is 25.9. The highest BCUT2D eigenvalue weighted by atomic mass is 16.2. The number of anilines is 2. The Morgan fingerprint density at radius 2 is 2.00 bits per heavy atom. The van der Waals surface area contributed by atoms with Crippen LogP contribution in [0.1, 0.15) is 13.8 Å². The van der Waals surface area contributed by atoms with Crippen molar-refractivity contribution in [3.63, 3.8) is 0 Å². The number of piperazine rings is 1. The summed E-state index contributed by atoms with van der Waals surface area (Å²) in [6, 6.07) is 8.04. The minimum Gasteiger partial charge on any atom is -0.365 e. The van der Waals surface area contributed by atoms with Crippen molar-refractivity contribution in [3.05, 3.63) is 24.3 Å². The summed E-state index contributed by atoms with van der Waals surface area (Å²) in [6.07, 6.45) is 0.670. The molecule has 1 aromatic rings. The third kappa shape index (κ3) is 3.05. The number of rotatable bonds is 3. The molecule has 5 heteroatoms. The van der Waals surface area contributed by atoms with Crippen LogP contribution in [0.15, 0.2) is 24.3 Å². The lowest BCUT2D eigenvalue weighted by Crippen LogP contribution is -2.53. The van der Waals surface area contributed by atoms with Gasteiger partial charge < -0.3 is 15.1 Å². The smallest absolute Gasteiger partial charge is 0.219 e. The van der Waals surface area contributed by atoms with E-state index in [0.717, 1.165) is 31.0 Å². The van der Waals surface area contributed by atoms with Crippen molar-refractivity contribution in [2.24, 2.45) is 0 Å². The highest BCUT2D eigenvalue weighted by Crippen LogP contribution is 2.22. The van der Waals surface area contributed by atoms with Gasteiger partial charge in [-0.3, -0.25) is 9.59 Å². The summed E-state index contributed by atoms with van der Waals surface area (Å²) >= 11 is 0. The molecule has 0 saturated carbocycles. The quantitative estimate of drug-likeness (QED) is 0.835. The number of benzene rings is 1. The molecule has 1 aliphatic rings. The maximum atomic E-state index is 11.4. The SMILES string of the molecule is CC(=O)N1CCN(c2ccc(NC=O)cc2)C(C)C1. The molecule has 1 aromatic carbocycles. The molecule has 0 aliphatic carbocycles. The van der Waals surface area contributed by atoms with Crippen LogP contribution in [0, 0.1) is 0 Å². The lowest BCUT2D eigenvalue weighted by molar-refractivity contribution is -0.129. The minimum absolute atomic E-state index is 0.136. The van der Waals surface area contributed by atoms with Gasteiger partial charge in [-0.2, -0.15) is 0 Å². The Hall–Kier alpha value is -2.04. The molecular weight excluding hydrogens is 242 g/mol. The Balaban J connectivity index is 2.06. The zero-order valence-corrected chi connectivity index (χ0v) is 11.3. The van der Waals surface area contributed by atoms with E-state index in [1.807, 2.05) is 29.2 Å². The number of carbonyl (C=O) groups excluding carboxylic acids is 2. The second-order valence-electron chi connectivity index (χ2n) is 4.82. The van der Waals surface area contributed by atoms with Gasteiger partial charge in [0.15, 0.2) is 0 Å². The van der Waals surface area contributed by atoms with Gasteiger partial charge in [0.2, 0.25) is 12.3 Å². The molecule has 2 amide bonds. The molecule has 1 fully saturated rings. The van der Waals surface area contributed by atoms with E-state index >= 15 is 0 Å². The fraction of sp³-hybridized carbons (Fsp3) is 0.429. The fourth-order valence-electron chi connectivity index (χ4n) is 2.44. The number of hydrogen-bond donors (Lipinski definition) is 1. The molecule has 0 spiro atoms. The first-order chi connectivity index (χ1) is 9.11.